The fourth-order valence-electron chi connectivity index (χ4n) is 6.85. The minimum Gasteiger partial charge on any atom is -0.0622 e. The predicted molar refractivity (Wildman–Crippen MR) is 181 cm³/mol. The first-order valence-corrected chi connectivity index (χ1v) is 17.2. The summed E-state index contributed by atoms with van der Waals surface area (Å²) in [5, 5.41) is 3.13. The van der Waals surface area contributed by atoms with Crippen LogP contribution in [0.1, 0.15) is 135 Å². The smallest absolute Gasteiger partial charge is 0.0622 e. The molecule has 0 saturated heterocycles. The Morgan fingerprint density at radius 3 is 1.25 bits per heavy atom. The standard InChI is InChI=1S/C39H52Si/c1-24(2)32-18-33(25(3)4)21-36(20-32)40(37-22-34(26(5)6)19-35(23-37)27(7)8)39(12)30(11)28(9)29(10)38(39)31-16-14-13-15-17-31/h13-27,40H,1-12H3. The summed E-state index contributed by atoms with van der Waals surface area (Å²) in [6.07, 6.45) is 0. The number of benzene rings is 3. The molecule has 3 aromatic rings. The average Bonchev–Trinajstić information content (AvgIpc) is 3.08. The van der Waals surface area contributed by atoms with E-state index in [9.17, 15) is 0 Å². The van der Waals surface area contributed by atoms with Gasteiger partial charge in [0.25, 0.3) is 0 Å². The number of hydrogen-bond donors (Lipinski definition) is 0. The lowest BCUT2D eigenvalue weighted by atomic mass is 9.90. The predicted octanol–water partition coefficient (Wildman–Crippen LogP) is 10.1. The Hall–Kier alpha value is -2.64. The summed E-state index contributed by atoms with van der Waals surface area (Å²) in [4.78, 5) is 0. The molecule has 4 rings (SSSR count). The van der Waals surface area contributed by atoms with Gasteiger partial charge in [0.2, 0.25) is 0 Å². The SMILES string of the molecule is CC1=C(C)C(C)([SiH](c2cc(C(C)C)cc(C(C)C)c2)c2cc(C(C)C)cc(C(C)C)c2)C(c2ccccc2)=C1C. The lowest BCUT2D eigenvalue weighted by Crippen LogP contribution is -2.52. The van der Waals surface area contributed by atoms with Crippen molar-refractivity contribution in [3.8, 4) is 0 Å². The molecule has 1 aliphatic carbocycles. The van der Waals surface area contributed by atoms with E-state index in [1.54, 1.807) is 21.5 Å². The zero-order chi connectivity index (χ0) is 29.5. The van der Waals surface area contributed by atoms with Gasteiger partial charge in [0.15, 0.2) is 0 Å². The molecule has 1 atom stereocenters. The van der Waals surface area contributed by atoms with Gasteiger partial charge in [-0.3, -0.25) is 0 Å². The van der Waals surface area contributed by atoms with Crippen molar-refractivity contribution in [2.45, 2.75) is 112 Å². The van der Waals surface area contributed by atoms with Crippen molar-refractivity contribution >= 4 is 24.7 Å². The molecule has 0 bridgehead atoms. The first-order chi connectivity index (χ1) is 18.8. The van der Waals surface area contributed by atoms with E-state index in [0.29, 0.717) is 23.7 Å². The average molecular weight is 549 g/mol. The Labute approximate surface area is 247 Å². The fraction of sp³-hybridized carbons (Fsp3) is 0.436. The Balaban J connectivity index is 2.15. The molecule has 0 radical (unpaired) electrons. The van der Waals surface area contributed by atoms with Gasteiger partial charge in [0.1, 0.15) is 8.80 Å². The summed E-state index contributed by atoms with van der Waals surface area (Å²) >= 11 is 0. The van der Waals surface area contributed by atoms with Gasteiger partial charge in [0.05, 0.1) is 0 Å². The second-order valence-corrected chi connectivity index (χ2v) is 17.1. The van der Waals surface area contributed by atoms with E-state index in [0.717, 1.165) is 0 Å². The first-order valence-electron chi connectivity index (χ1n) is 15.5. The minimum atomic E-state index is -1.87. The molecule has 0 saturated carbocycles. The van der Waals surface area contributed by atoms with Crippen LogP contribution in [0.3, 0.4) is 0 Å². The maximum Gasteiger partial charge on any atom is 0.117 e. The van der Waals surface area contributed by atoms with Gasteiger partial charge in [-0.15, -0.1) is 0 Å². The third kappa shape index (κ3) is 5.47. The zero-order valence-electron chi connectivity index (χ0n) is 27.2. The van der Waals surface area contributed by atoms with E-state index < -0.39 is 8.80 Å². The van der Waals surface area contributed by atoms with Crippen molar-refractivity contribution in [1.82, 2.24) is 0 Å². The molecule has 0 N–H and O–H groups in total. The van der Waals surface area contributed by atoms with Crippen molar-refractivity contribution in [2.24, 2.45) is 0 Å². The molecule has 212 valence electrons. The molecule has 0 aromatic heterocycles. The molecule has 0 amide bonds. The van der Waals surface area contributed by atoms with Crippen molar-refractivity contribution in [3.63, 3.8) is 0 Å². The molecule has 3 aromatic carbocycles. The van der Waals surface area contributed by atoms with E-state index in [-0.39, 0.29) is 5.04 Å². The highest BCUT2D eigenvalue weighted by molar-refractivity contribution is 6.90. The highest BCUT2D eigenvalue weighted by atomic mass is 28.3. The third-order valence-electron chi connectivity index (χ3n) is 9.77. The topological polar surface area (TPSA) is 0 Å². The number of hydrogen-bond acceptors (Lipinski definition) is 0. The summed E-state index contributed by atoms with van der Waals surface area (Å²) in [7, 11) is -1.87. The van der Waals surface area contributed by atoms with E-state index in [1.165, 1.54) is 39.0 Å². The van der Waals surface area contributed by atoms with E-state index in [2.05, 4.69) is 150 Å². The van der Waals surface area contributed by atoms with Gasteiger partial charge in [-0.05, 0) is 89.0 Å². The van der Waals surface area contributed by atoms with Crippen LogP contribution in [0.15, 0.2) is 83.4 Å². The summed E-state index contributed by atoms with van der Waals surface area (Å²) < 4.78 is 0. The first kappa shape index (κ1) is 30.3. The maximum absolute atomic E-state index is 2.59. The van der Waals surface area contributed by atoms with Crippen molar-refractivity contribution in [2.75, 3.05) is 0 Å². The van der Waals surface area contributed by atoms with Gasteiger partial charge >= 0.3 is 0 Å². The van der Waals surface area contributed by atoms with Crippen LogP contribution in [-0.4, -0.2) is 8.80 Å². The molecule has 0 spiro atoms. The summed E-state index contributed by atoms with van der Waals surface area (Å²) in [6.45, 7) is 28.5. The summed E-state index contributed by atoms with van der Waals surface area (Å²) in [5.41, 5.74) is 13.3. The highest BCUT2D eigenvalue weighted by Crippen LogP contribution is 2.58. The molecular formula is C39H52Si. The quantitative estimate of drug-likeness (QED) is 0.246. The molecular weight excluding hydrogens is 497 g/mol. The molecule has 1 aliphatic rings. The van der Waals surface area contributed by atoms with Crippen LogP contribution in [0.25, 0.3) is 5.57 Å². The Bertz CT molecular complexity index is 1310. The molecule has 0 heterocycles. The summed E-state index contributed by atoms with van der Waals surface area (Å²) in [5.74, 6) is 2.00. The van der Waals surface area contributed by atoms with Crippen LogP contribution in [0.5, 0.6) is 0 Å². The summed E-state index contributed by atoms with van der Waals surface area (Å²) in [6, 6.07) is 26.6. The molecule has 40 heavy (non-hydrogen) atoms. The van der Waals surface area contributed by atoms with Gasteiger partial charge in [0, 0.05) is 5.04 Å². The van der Waals surface area contributed by atoms with E-state index in [4.69, 9.17) is 0 Å². The molecule has 1 unspecified atom stereocenters. The normalized spacial score (nSPS) is 18.0. The lowest BCUT2D eigenvalue weighted by molar-refractivity contribution is 0.833. The van der Waals surface area contributed by atoms with Gasteiger partial charge < -0.3 is 0 Å². The maximum atomic E-state index is 2.59. The molecule has 0 nitrogen and oxygen atoms in total. The van der Waals surface area contributed by atoms with Crippen LogP contribution >= 0.6 is 0 Å². The molecule has 0 fully saturated rings. The van der Waals surface area contributed by atoms with Crippen molar-refractivity contribution in [3.05, 3.63) is 111 Å². The van der Waals surface area contributed by atoms with Crippen LogP contribution in [-0.2, 0) is 0 Å². The van der Waals surface area contributed by atoms with Crippen LogP contribution in [0.4, 0.5) is 0 Å². The number of allylic oxidation sites excluding steroid dienone is 4. The van der Waals surface area contributed by atoms with Crippen LogP contribution < -0.4 is 10.4 Å². The van der Waals surface area contributed by atoms with Gasteiger partial charge in [-0.25, -0.2) is 0 Å². The second kappa shape index (κ2) is 11.7. The van der Waals surface area contributed by atoms with Gasteiger partial charge in [-0.2, -0.15) is 0 Å². The number of rotatable bonds is 8. The second-order valence-electron chi connectivity index (χ2n) is 13.7. The largest absolute Gasteiger partial charge is 0.117 e. The molecule has 0 aliphatic heterocycles. The lowest BCUT2D eigenvalue weighted by Gasteiger charge is -2.40. The Morgan fingerprint density at radius 1 is 0.525 bits per heavy atom. The Kier molecular flexibility index (Phi) is 8.86. The fourth-order valence-corrected chi connectivity index (χ4v) is 11.3. The van der Waals surface area contributed by atoms with Crippen LogP contribution in [0.2, 0.25) is 5.04 Å². The van der Waals surface area contributed by atoms with Crippen molar-refractivity contribution in [1.29, 1.82) is 0 Å². The van der Waals surface area contributed by atoms with E-state index >= 15 is 0 Å². The monoisotopic (exact) mass is 548 g/mol. The van der Waals surface area contributed by atoms with Gasteiger partial charge in [-0.1, -0.05) is 145 Å². The zero-order valence-corrected chi connectivity index (χ0v) is 28.4. The highest BCUT2D eigenvalue weighted by Gasteiger charge is 2.48. The molecule has 1 heteroatoms. The third-order valence-corrected chi connectivity index (χ3v) is 13.6. The minimum absolute atomic E-state index is 0.0385. The van der Waals surface area contributed by atoms with Crippen LogP contribution in [0, 0.1) is 0 Å². The van der Waals surface area contributed by atoms with Crippen molar-refractivity contribution < 1.29 is 0 Å². The van der Waals surface area contributed by atoms with E-state index in [1.807, 2.05) is 0 Å². The Morgan fingerprint density at radius 2 is 0.900 bits per heavy atom.